The van der Waals surface area contributed by atoms with Crippen LogP contribution in [-0.4, -0.2) is 31.6 Å². The van der Waals surface area contributed by atoms with E-state index in [0.717, 1.165) is 5.56 Å². The summed E-state index contributed by atoms with van der Waals surface area (Å²) in [5.41, 5.74) is 0.887. The summed E-state index contributed by atoms with van der Waals surface area (Å²) < 4.78 is 1.55. The summed E-state index contributed by atoms with van der Waals surface area (Å²) in [7, 11) is 1.73. The lowest BCUT2D eigenvalue weighted by Crippen LogP contribution is -2.41. The number of hydrogen-bond donors (Lipinski definition) is 1. The zero-order chi connectivity index (χ0) is 18.4. The molecule has 132 valence electrons. The van der Waals surface area contributed by atoms with Gasteiger partial charge in [-0.05, 0) is 23.5 Å². The third kappa shape index (κ3) is 2.90. The van der Waals surface area contributed by atoms with E-state index in [9.17, 15) is 9.59 Å². The molecule has 1 N–H and O–H groups in total. The van der Waals surface area contributed by atoms with Crippen molar-refractivity contribution in [3.63, 3.8) is 0 Å². The quantitative estimate of drug-likeness (QED) is 0.867. The first-order valence-corrected chi connectivity index (χ1v) is 8.21. The predicted octanol–water partition coefficient (Wildman–Crippen LogP) is 2.08. The van der Waals surface area contributed by atoms with Crippen LogP contribution in [0.3, 0.4) is 0 Å². The second-order valence-electron chi connectivity index (χ2n) is 7.57. The lowest BCUT2D eigenvalue weighted by atomic mass is 9.84. The first kappa shape index (κ1) is 17.1. The van der Waals surface area contributed by atoms with Gasteiger partial charge in [0.2, 0.25) is 0 Å². The Labute approximate surface area is 147 Å². The van der Waals surface area contributed by atoms with Gasteiger partial charge < -0.3 is 5.32 Å². The monoisotopic (exact) mass is 341 g/mol. The topological polar surface area (TPSA) is 80.1 Å². The fourth-order valence-corrected chi connectivity index (χ4v) is 2.94. The van der Waals surface area contributed by atoms with Gasteiger partial charge >= 0.3 is 6.03 Å². The average Bonchev–Trinajstić information content (AvgIpc) is 3.04. The number of hydrogen-bond acceptors (Lipinski definition) is 4. The zero-order valence-electron chi connectivity index (χ0n) is 15.2. The molecule has 1 aliphatic heterocycles. The summed E-state index contributed by atoms with van der Waals surface area (Å²) >= 11 is 0. The number of carbonyl (C=O) groups excluding carboxylic acids is 2. The molecule has 1 aliphatic rings. The lowest BCUT2D eigenvalue weighted by molar-refractivity contribution is -0.131. The Bertz CT molecular complexity index is 819. The Morgan fingerprint density at radius 1 is 1.16 bits per heavy atom. The molecule has 25 heavy (non-hydrogen) atoms. The third-order valence-corrected chi connectivity index (χ3v) is 4.71. The number of rotatable bonds is 3. The number of nitrogens with zero attached hydrogens (tertiary/aromatic N) is 4. The highest BCUT2D eigenvalue weighted by Gasteiger charge is 2.49. The van der Waals surface area contributed by atoms with Crippen LogP contribution >= 0.6 is 0 Å². The van der Waals surface area contributed by atoms with E-state index < -0.39 is 11.6 Å². The SMILES string of the molecule is Cn1ncnc1CN1C(=O)NC(C)(c2ccc(C(C)(C)C)cc2)C1=O. The lowest BCUT2D eigenvalue weighted by Gasteiger charge is -2.24. The maximum Gasteiger partial charge on any atom is 0.325 e. The van der Waals surface area contributed by atoms with E-state index in [-0.39, 0.29) is 17.9 Å². The molecule has 1 atom stereocenters. The average molecular weight is 341 g/mol. The minimum Gasteiger partial charge on any atom is -0.319 e. The van der Waals surface area contributed by atoms with Crippen molar-refractivity contribution in [1.82, 2.24) is 25.0 Å². The summed E-state index contributed by atoms with van der Waals surface area (Å²) in [6, 6.07) is 7.40. The molecule has 3 rings (SSSR count). The van der Waals surface area contributed by atoms with Crippen molar-refractivity contribution in [2.24, 2.45) is 7.05 Å². The molecule has 0 aliphatic carbocycles. The summed E-state index contributed by atoms with van der Waals surface area (Å²) in [6.07, 6.45) is 1.40. The highest BCUT2D eigenvalue weighted by atomic mass is 16.2. The van der Waals surface area contributed by atoms with E-state index in [1.807, 2.05) is 24.3 Å². The molecule has 1 aromatic carbocycles. The van der Waals surface area contributed by atoms with Crippen molar-refractivity contribution in [2.45, 2.75) is 45.2 Å². The van der Waals surface area contributed by atoms with Gasteiger partial charge in [0, 0.05) is 7.05 Å². The number of nitrogens with one attached hydrogen (secondary N) is 1. The predicted molar refractivity (Wildman–Crippen MR) is 92.6 cm³/mol. The van der Waals surface area contributed by atoms with Crippen molar-refractivity contribution in [1.29, 1.82) is 0 Å². The fraction of sp³-hybridized carbons (Fsp3) is 0.444. The molecule has 0 bridgehead atoms. The molecule has 7 nitrogen and oxygen atoms in total. The molecule has 0 saturated carbocycles. The maximum absolute atomic E-state index is 12.9. The third-order valence-electron chi connectivity index (χ3n) is 4.71. The highest BCUT2D eigenvalue weighted by molar-refractivity contribution is 6.07. The smallest absolute Gasteiger partial charge is 0.319 e. The van der Waals surface area contributed by atoms with Crippen LogP contribution in [0.4, 0.5) is 4.79 Å². The van der Waals surface area contributed by atoms with Crippen LogP contribution in [-0.2, 0) is 29.3 Å². The van der Waals surface area contributed by atoms with Crippen LogP contribution in [0, 0.1) is 0 Å². The highest BCUT2D eigenvalue weighted by Crippen LogP contribution is 2.31. The van der Waals surface area contributed by atoms with Gasteiger partial charge in [-0.15, -0.1) is 0 Å². The van der Waals surface area contributed by atoms with Crippen molar-refractivity contribution >= 4 is 11.9 Å². The van der Waals surface area contributed by atoms with E-state index >= 15 is 0 Å². The minimum atomic E-state index is -1.08. The first-order valence-electron chi connectivity index (χ1n) is 8.21. The van der Waals surface area contributed by atoms with Gasteiger partial charge in [-0.25, -0.2) is 9.78 Å². The molecule has 0 radical (unpaired) electrons. The van der Waals surface area contributed by atoms with Crippen molar-refractivity contribution in [3.8, 4) is 0 Å². The molecule has 2 aromatic rings. The number of aromatic nitrogens is 3. The van der Waals surface area contributed by atoms with E-state index in [0.29, 0.717) is 5.82 Å². The van der Waals surface area contributed by atoms with E-state index in [1.54, 1.807) is 18.7 Å². The summed E-state index contributed by atoms with van der Waals surface area (Å²) in [4.78, 5) is 30.6. The van der Waals surface area contributed by atoms with Crippen molar-refractivity contribution < 1.29 is 9.59 Å². The largest absolute Gasteiger partial charge is 0.325 e. The number of benzene rings is 1. The second-order valence-corrected chi connectivity index (χ2v) is 7.57. The van der Waals surface area contributed by atoms with Crippen LogP contribution in [0.1, 0.15) is 44.6 Å². The Morgan fingerprint density at radius 3 is 2.32 bits per heavy atom. The normalized spacial score (nSPS) is 20.9. The second kappa shape index (κ2) is 5.68. The molecular weight excluding hydrogens is 318 g/mol. The molecule has 1 saturated heterocycles. The van der Waals surface area contributed by atoms with Crippen LogP contribution in [0.25, 0.3) is 0 Å². The number of aryl methyl sites for hydroxylation is 1. The van der Waals surface area contributed by atoms with Crippen LogP contribution in [0.15, 0.2) is 30.6 Å². The molecular formula is C18H23N5O2. The zero-order valence-corrected chi connectivity index (χ0v) is 15.2. The van der Waals surface area contributed by atoms with Crippen molar-refractivity contribution in [3.05, 3.63) is 47.5 Å². The minimum absolute atomic E-state index is 0.0274. The molecule has 3 amide bonds. The molecule has 2 heterocycles. The molecule has 1 unspecified atom stereocenters. The van der Waals surface area contributed by atoms with Gasteiger partial charge in [0.1, 0.15) is 17.7 Å². The van der Waals surface area contributed by atoms with Crippen LogP contribution in [0.2, 0.25) is 0 Å². The molecule has 0 spiro atoms. The number of imide groups is 1. The van der Waals surface area contributed by atoms with Crippen molar-refractivity contribution in [2.75, 3.05) is 0 Å². The Hall–Kier alpha value is -2.70. The summed E-state index contributed by atoms with van der Waals surface area (Å²) in [5, 5.41) is 6.79. The fourth-order valence-electron chi connectivity index (χ4n) is 2.94. The number of urea groups is 1. The van der Waals surface area contributed by atoms with Gasteiger partial charge in [0.25, 0.3) is 5.91 Å². The molecule has 1 aromatic heterocycles. The van der Waals surface area contributed by atoms with E-state index in [1.165, 1.54) is 16.8 Å². The van der Waals surface area contributed by atoms with Gasteiger partial charge in [0.15, 0.2) is 0 Å². The van der Waals surface area contributed by atoms with Gasteiger partial charge in [-0.1, -0.05) is 45.0 Å². The maximum atomic E-state index is 12.9. The standard InChI is InChI=1S/C18H23N5O2/c1-17(2,3)12-6-8-13(9-7-12)18(4)15(24)23(16(25)21-18)10-14-19-11-20-22(14)5/h6-9,11H,10H2,1-5H3,(H,21,25). The van der Waals surface area contributed by atoms with Crippen LogP contribution < -0.4 is 5.32 Å². The van der Waals surface area contributed by atoms with E-state index in [4.69, 9.17) is 0 Å². The Balaban J connectivity index is 1.88. The number of carbonyl (C=O) groups is 2. The van der Waals surface area contributed by atoms with Gasteiger partial charge in [-0.2, -0.15) is 5.10 Å². The van der Waals surface area contributed by atoms with E-state index in [2.05, 4.69) is 36.2 Å². The summed E-state index contributed by atoms with van der Waals surface area (Å²) in [5.74, 6) is 0.264. The molecule has 7 heteroatoms. The number of amides is 3. The van der Waals surface area contributed by atoms with Crippen LogP contribution in [0.5, 0.6) is 0 Å². The Kier molecular flexibility index (Phi) is 3.89. The van der Waals surface area contributed by atoms with Gasteiger partial charge in [-0.3, -0.25) is 14.4 Å². The van der Waals surface area contributed by atoms with Gasteiger partial charge in [0.05, 0.1) is 6.54 Å². The molecule has 1 fully saturated rings. The Morgan fingerprint density at radius 2 is 1.80 bits per heavy atom. The summed E-state index contributed by atoms with van der Waals surface area (Å²) in [6.45, 7) is 8.23. The first-order chi connectivity index (χ1) is 11.6.